The van der Waals surface area contributed by atoms with Crippen molar-refractivity contribution in [2.24, 2.45) is 0 Å². The summed E-state index contributed by atoms with van der Waals surface area (Å²) in [5.41, 5.74) is 2.06. The van der Waals surface area contributed by atoms with Crippen molar-refractivity contribution in [2.75, 3.05) is 6.26 Å². The molecule has 0 saturated heterocycles. The molecule has 0 amide bonds. The number of carbonyl (C=O) groups excluding carboxylic acids is 1. The van der Waals surface area contributed by atoms with E-state index in [2.05, 4.69) is 0 Å². The lowest BCUT2D eigenvalue weighted by Gasteiger charge is -2.06. The minimum absolute atomic E-state index is 0.0979. The Kier molecular flexibility index (Phi) is 4.98. The topological polar surface area (TPSA) is 60.4 Å². The molecule has 116 valence electrons. The zero-order valence-corrected chi connectivity index (χ0v) is 13.4. The molecule has 0 aromatic heterocycles. The van der Waals surface area contributed by atoms with Crippen molar-refractivity contribution in [3.8, 4) is 5.75 Å². The average molecular weight is 318 g/mol. The maximum absolute atomic E-state index is 12.1. The molecule has 0 radical (unpaired) electrons. The van der Waals surface area contributed by atoms with Gasteiger partial charge >= 0.3 is 5.97 Å². The van der Waals surface area contributed by atoms with E-state index in [9.17, 15) is 13.2 Å². The molecule has 0 heterocycles. The van der Waals surface area contributed by atoms with Crippen LogP contribution in [0.1, 0.15) is 28.4 Å². The largest absolute Gasteiger partial charge is 0.423 e. The van der Waals surface area contributed by atoms with Crippen LogP contribution < -0.4 is 4.74 Å². The Bertz CT molecular complexity index is 762. The van der Waals surface area contributed by atoms with Crippen LogP contribution in [-0.2, 0) is 22.0 Å². The molecule has 0 atom stereocenters. The summed E-state index contributed by atoms with van der Waals surface area (Å²) in [5, 5.41) is 0. The first kappa shape index (κ1) is 16.2. The zero-order chi connectivity index (χ0) is 16.2. The Morgan fingerprint density at radius 1 is 1.05 bits per heavy atom. The minimum atomic E-state index is -3.14. The van der Waals surface area contributed by atoms with Gasteiger partial charge in [0, 0.05) is 6.26 Å². The Balaban J connectivity index is 2.13. The summed E-state index contributed by atoms with van der Waals surface area (Å²) >= 11 is 0. The predicted octanol–water partition coefficient (Wildman–Crippen LogP) is 3.01. The van der Waals surface area contributed by atoms with Gasteiger partial charge in [0.1, 0.15) is 5.75 Å². The second-order valence-corrected chi connectivity index (χ2v) is 7.30. The number of aryl methyl sites for hydroxylation is 1. The maximum Gasteiger partial charge on any atom is 0.343 e. The van der Waals surface area contributed by atoms with Crippen molar-refractivity contribution in [1.29, 1.82) is 0 Å². The van der Waals surface area contributed by atoms with Gasteiger partial charge in [0.05, 0.1) is 11.3 Å². The highest BCUT2D eigenvalue weighted by atomic mass is 32.2. The first-order valence-corrected chi connectivity index (χ1v) is 9.01. The summed E-state index contributed by atoms with van der Waals surface area (Å²) in [6.45, 7) is 2.05. The van der Waals surface area contributed by atoms with Crippen LogP contribution in [0.4, 0.5) is 0 Å². The molecular formula is C17H18O4S. The third-order valence-electron chi connectivity index (χ3n) is 3.13. The molecule has 2 aromatic rings. The summed E-state index contributed by atoms with van der Waals surface area (Å²) in [6.07, 6.45) is 2.08. The highest BCUT2D eigenvalue weighted by Gasteiger charge is 2.11. The number of hydrogen-bond acceptors (Lipinski definition) is 4. The van der Waals surface area contributed by atoms with E-state index in [4.69, 9.17) is 4.74 Å². The highest BCUT2D eigenvalue weighted by molar-refractivity contribution is 7.89. The van der Waals surface area contributed by atoms with Crippen LogP contribution in [0.3, 0.4) is 0 Å². The molecule has 0 N–H and O–H groups in total. The summed E-state index contributed by atoms with van der Waals surface area (Å²) in [7, 11) is -3.14. The molecule has 0 aliphatic carbocycles. The molecular weight excluding hydrogens is 300 g/mol. The van der Waals surface area contributed by atoms with E-state index < -0.39 is 15.8 Å². The first-order chi connectivity index (χ1) is 10.4. The highest BCUT2D eigenvalue weighted by Crippen LogP contribution is 2.16. The number of rotatable bonds is 5. The molecule has 4 nitrogen and oxygen atoms in total. The van der Waals surface area contributed by atoms with Crippen molar-refractivity contribution in [2.45, 2.75) is 19.1 Å². The van der Waals surface area contributed by atoms with E-state index in [0.717, 1.165) is 18.2 Å². The number of hydrogen-bond donors (Lipinski definition) is 0. The molecule has 2 rings (SSSR count). The van der Waals surface area contributed by atoms with Gasteiger partial charge in [0.25, 0.3) is 0 Å². The van der Waals surface area contributed by atoms with Gasteiger partial charge in [-0.05, 0) is 41.8 Å². The van der Waals surface area contributed by atoms with Gasteiger partial charge in [0.2, 0.25) is 0 Å². The number of benzene rings is 2. The number of ether oxygens (including phenoxy) is 1. The van der Waals surface area contributed by atoms with E-state index in [1.54, 1.807) is 36.4 Å². The van der Waals surface area contributed by atoms with Crippen LogP contribution in [0, 0.1) is 0 Å². The monoisotopic (exact) mass is 318 g/mol. The van der Waals surface area contributed by atoms with Gasteiger partial charge < -0.3 is 4.74 Å². The molecule has 0 fully saturated rings. The molecule has 0 saturated carbocycles. The fraction of sp³-hybridized carbons (Fsp3) is 0.235. The van der Waals surface area contributed by atoms with Crippen LogP contribution in [0.5, 0.6) is 5.75 Å². The molecule has 0 bridgehead atoms. The van der Waals surface area contributed by atoms with Gasteiger partial charge in [-0.2, -0.15) is 0 Å². The number of esters is 1. The lowest BCUT2D eigenvalue weighted by Crippen LogP contribution is -2.09. The van der Waals surface area contributed by atoms with Crippen molar-refractivity contribution >= 4 is 15.8 Å². The van der Waals surface area contributed by atoms with Crippen LogP contribution in [0.2, 0.25) is 0 Å². The molecule has 5 heteroatoms. The fourth-order valence-corrected chi connectivity index (χ4v) is 2.84. The molecule has 0 unspecified atom stereocenters. The van der Waals surface area contributed by atoms with Crippen molar-refractivity contribution in [3.63, 3.8) is 0 Å². The van der Waals surface area contributed by atoms with Crippen LogP contribution in [0.15, 0.2) is 48.5 Å². The Hall–Kier alpha value is -2.14. The predicted molar refractivity (Wildman–Crippen MR) is 85.8 cm³/mol. The Labute approximate surface area is 130 Å². The van der Waals surface area contributed by atoms with E-state index in [0.29, 0.717) is 16.9 Å². The van der Waals surface area contributed by atoms with E-state index in [-0.39, 0.29) is 5.75 Å². The van der Waals surface area contributed by atoms with Gasteiger partial charge in [-0.1, -0.05) is 31.2 Å². The summed E-state index contributed by atoms with van der Waals surface area (Å²) < 4.78 is 27.9. The lowest BCUT2D eigenvalue weighted by atomic mass is 10.1. The second kappa shape index (κ2) is 6.75. The van der Waals surface area contributed by atoms with Crippen molar-refractivity contribution in [1.82, 2.24) is 0 Å². The van der Waals surface area contributed by atoms with Crippen LogP contribution in [-0.4, -0.2) is 20.6 Å². The van der Waals surface area contributed by atoms with Crippen molar-refractivity contribution in [3.05, 3.63) is 65.2 Å². The summed E-state index contributed by atoms with van der Waals surface area (Å²) in [4.78, 5) is 12.1. The maximum atomic E-state index is 12.1. The Morgan fingerprint density at radius 3 is 2.32 bits per heavy atom. The fourth-order valence-electron chi connectivity index (χ4n) is 2.05. The SMILES string of the molecule is CCc1ccc(OC(=O)c2cccc(CS(C)(=O)=O)c2)cc1. The van der Waals surface area contributed by atoms with E-state index in [1.165, 1.54) is 0 Å². The summed E-state index contributed by atoms with van der Waals surface area (Å²) in [5.74, 6) is -0.130. The normalized spacial score (nSPS) is 11.2. The zero-order valence-electron chi connectivity index (χ0n) is 12.6. The minimum Gasteiger partial charge on any atom is -0.423 e. The molecule has 0 aliphatic rings. The van der Waals surface area contributed by atoms with E-state index >= 15 is 0 Å². The van der Waals surface area contributed by atoms with Crippen LogP contribution in [0.25, 0.3) is 0 Å². The van der Waals surface area contributed by atoms with Gasteiger partial charge in [-0.3, -0.25) is 0 Å². The third kappa shape index (κ3) is 4.70. The quantitative estimate of drug-likeness (QED) is 0.628. The number of carbonyl (C=O) groups is 1. The number of sulfone groups is 1. The molecule has 22 heavy (non-hydrogen) atoms. The van der Waals surface area contributed by atoms with Crippen LogP contribution >= 0.6 is 0 Å². The van der Waals surface area contributed by atoms with Gasteiger partial charge in [-0.25, -0.2) is 13.2 Å². The van der Waals surface area contributed by atoms with Crippen molar-refractivity contribution < 1.29 is 17.9 Å². The molecule has 0 aliphatic heterocycles. The third-order valence-corrected chi connectivity index (χ3v) is 3.99. The van der Waals surface area contributed by atoms with Gasteiger partial charge in [0.15, 0.2) is 9.84 Å². The lowest BCUT2D eigenvalue weighted by molar-refractivity contribution is 0.0734. The summed E-state index contributed by atoms with van der Waals surface area (Å²) in [6, 6.07) is 13.8. The van der Waals surface area contributed by atoms with Gasteiger partial charge in [-0.15, -0.1) is 0 Å². The van der Waals surface area contributed by atoms with E-state index in [1.807, 2.05) is 19.1 Å². The second-order valence-electron chi connectivity index (χ2n) is 5.16. The smallest absolute Gasteiger partial charge is 0.343 e. The molecule has 2 aromatic carbocycles. The Morgan fingerprint density at radius 2 is 1.73 bits per heavy atom. The average Bonchev–Trinajstić information content (AvgIpc) is 2.46. The first-order valence-electron chi connectivity index (χ1n) is 6.95. The molecule has 0 spiro atoms. The standard InChI is InChI=1S/C17H18O4S/c1-3-13-7-9-16(10-8-13)21-17(18)15-6-4-5-14(11-15)12-22(2,19)20/h4-11H,3,12H2,1-2H3.